The second-order valence-corrected chi connectivity index (χ2v) is 5.66. The highest BCUT2D eigenvalue weighted by Gasteiger charge is 2.04. The average molecular weight is 276 g/mol. The normalized spacial score (nSPS) is 10.5. The Bertz CT molecular complexity index is 713. The van der Waals surface area contributed by atoms with E-state index in [4.69, 9.17) is 0 Å². The van der Waals surface area contributed by atoms with Gasteiger partial charge < -0.3 is 0 Å². The summed E-state index contributed by atoms with van der Waals surface area (Å²) < 4.78 is 0. The number of rotatable bonds is 2. The van der Waals surface area contributed by atoms with Gasteiger partial charge in [-0.25, -0.2) is 0 Å². The van der Waals surface area contributed by atoms with Crippen molar-refractivity contribution in [3.8, 4) is 22.3 Å². The van der Waals surface area contributed by atoms with Crippen molar-refractivity contribution < 1.29 is 0 Å². The Kier molecular flexibility index (Phi) is 3.67. The number of benzene rings is 3. The van der Waals surface area contributed by atoms with Crippen LogP contribution in [0.1, 0.15) is 5.56 Å². The van der Waals surface area contributed by atoms with E-state index >= 15 is 0 Å². The Morgan fingerprint density at radius 3 is 2.00 bits per heavy atom. The number of hydrogen-bond acceptors (Lipinski definition) is 0. The van der Waals surface area contributed by atoms with Crippen molar-refractivity contribution in [2.45, 2.75) is 6.92 Å². The van der Waals surface area contributed by atoms with Crippen molar-refractivity contribution in [2.24, 2.45) is 0 Å². The molecule has 0 radical (unpaired) electrons. The molecular weight excluding hydrogens is 259 g/mol. The van der Waals surface area contributed by atoms with Gasteiger partial charge in [-0.2, -0.15) is 0 Å². The molecular formula is C19H17P. The van der Waals surface area contributed by atoms with Gasteiger partial charge in [0.05, 0.1) is 0 Å². The van der Waals surface area contributed by atoms with Crippen LogP contribution in [0.2, 0.25) is 0 Å². The Labute approximate surface area is 122 Å². The van der Waals surface area contributed by atoms with Gasteiger partial charge in [0.15, 0.2) is 0 Å². The van der Waals surface area contributed by atoms with Crippen molar-refractivity contribution in [1.29, 1.82) is 0 Å². The smallest absolute Gasteiger partial charge is 0.0106 e. The van der Waals surface area contributed by atoms with Gasteiger partial charge >= 0.3 is 0 Å². The predicted molar refractivity (Wildman–Crippen MR) is 91.4 cm³/mol. The van der Waals surface area contributed by atoms with Crippen molar-refractivity contribution in [1.82, 2.24) is 0 Å². The molecule has 0 aromatic heterocycles. The third-order valence-corrected chi connectivity index (χ3v) is 4.03. The summed E-state index contributed by atoms with van der Waals surface area (Å²) in [7, 11) is 2.83. The monoisotopic (exact) mass is 276 g/mol. The van der Waals surface area contributed by atoms with Gasteiger partial charge in [-0.1, -0.05) is 72.3 Å². The van der Waals surface area contributed by atoms with Crippen LogP contribution in [0.25, 0.3) is 22.3 Å². The van der Waals surface area contributed by atoms with Crippen molar-refractivity contribution >= 4 is 14.5 Å². The lowest BCUT2D eigenvalue weighted by molar-refractivity contribution is 1.47. The first-order valence-electron chi connectivity index (χ1n) is 6.76. The summed E-state index contributed by atoms with van der Waals surface area (Å²) in [5.74, 6) is 0. The van der Waals surface area contributed by atoms with E-state index in [1.165, 1.54) is 33.1 Å². The third kappa shape index (κ3) is 2.66. The summed E-state index contributed by atoms with van der Waals surface area (Å²) in [6.07, 6.45) is 0. The molecule has 98 valence electrons. The van der Waals surface area contributed by atoms with E-state index < -0.39 is 0 Å². The lowest BCUT2D eigenvalue weighted by Crippen LogP contribution is -1.97. The van der Waals surface area contributed by atoms with Crippen LogP contribution in [0.5, 0.6) is 0 Å². The largest absolute Gasteiger partial charge is 0.105 e. The molecule has 0 aliphatic rings. The Hall–Kier alpha value is -1.91. The highest BCUT2D eigenvalue weighted by atomic mass is 31.0. The molecule has 3 aromatic carbocycles. The van der Waals surface area contributed by atoms with E-state index in [2.05, 4.69) is 89.0 Å². The van der Waals surface area contributed by atoms with Gasteiger partial charge in [0.1, 0.15) is 0 Å². The summed E-state index contributed by atoms with van der Waals surface area (Å²) in [5.41, 5.74) is 6.34. The van der Waals surface area contributed by atoms with Crippen molar-refractivity contribution in [3.63, 3.8) is 0 Å². The molecule has 1 unspecified atom stereocenters. The lowest BCUT2D eigenvalue weighted by atomic mass is 9.98. The minimum absolute atomic E-state index is 1.23. The zero-order valence-electron chi connectivity index (χ0n) is 11.5. The number of aryl methyl sites for hydroxylation is 1. The fraction of sp³-hybridized carbons (Fsp3) is 0.0526. The van der Waals surface area contributed by atoms with Crippen LogP contribution in [0.15, 0.2) is 72.8 Å². The van der Waals surface area contributed by atoms with Crippen LogP contribution in [-0.4, -0.2) is 0 Å². The summed E-state index contributed by atoms with van der Waals surface area (Å²) in [5, 5.41) is 1.23. The Morgan fingerprint density at radius 2 is 1.30 bits per heavy atom. The summed E-state index contributed by atoms with van der Waals surface area (Å²) in [4.78, 5) is 0. The molecule has 0 saturated heterocycles. The standard InChI is InChI=1S/C19H17P/c1-14-7-9-15(10-8-14)17-11-12-19(20)18(13-17)16-5-3-2-4-6-16/h2-13H,20H2,1H3. The van der Waals surface area contributed by atoms with Crippen molar-refractivity contribution in [2.75, 3.05) is 0 Å². The first-order chi connectivity index (χ1) is 9.74. The molecule has 0 fully saturated rings. The molecule has 0 aliphatic carbocycles. The second-order valence-electron chi connectivity index (χ2n) is 5.03. The molecule has 20 heavy (non-hydrogen) atoms. The molecule has 0 nitrogen and oxygen atoms in total. The Morgan fingerprint density at radius 1 is 0.650 bits per heavy atom. The fourth-order valence-electron chi connectivity index (χ4n) is 2.35. The minimum atomic E-state index is 1.23. The zero-order chi connectivity index (χ0) is 13.9. The maximum absolute atomic E-state index is 2.83. The van der Waals surface area contributed by atoms with Crippen LogP contribution in [0.3, 0.4) is 0 Å². The van der Waals surface area contributed by atoms with Crippen LogP contribution >= 0.6 is 9.24 Å². The Balaban J connectivity index is 2.09. The molecule has 1 atom stereocenters. The molecule has 3 aromatic rings. The van der Waals surface area contributed by atoms with Crippen LogP contribution in [-0.2, 0) is 0 Å². The molecule has 1 heteroatoms. The quantitative estimate of drug-likeness (QED) is 0.588. The minimum Gasteiger partial charge on any atom is -0.105 e. The molecule has 0 heterocycles. The van der Waals surface area contributed by atoms with E-state index in [9.17, 15) is 0 Å². The first kappa shape index (κ1) is 13.1. The SMILES string of the molecule is Cc1ccc(-c2ccc(P)c(-c3ccccc3)c2)cc1. The maximum atomic E-state index is 2.83. The van der Waals surface area contributed by atoms with Crippen LogP contribution in [0.4, 0.5) is 0 Å². The highest BCUT2D eigenvalue weighted by Crippen LogP contribution is 2.26. The van der Waals surface area contributed by atoms with Gasteiger partial charge in [-0.05, 0) is 40.5 Å². The molecule has 0 aliphatic heterocycles. The van der Waals surface area contributed by atoms with Gasteiger partial charge in [0.25, 0.3) is 0 Å². The zero-order valence-corrected chi connectivity index (χ0v) is 12.7. The average Bonchev–Trinajstić information content (AvgIpc) is 2.50. The first-order valence-corrected chi connectivity index (χ1v) is 7.34. The molecule has 0 N–H and O–H groups in total. The highest BCUT2D eigenvalue weighted by molar-refractivity contribution is 7.28. The van der Waals surface area contributed by atoms with Gasteiger partial charge in [0.2, 0.25) is 0 Å². The lowest BCUT2D eigenvalue weighted by Gasteiger charge is -2.09. The van der Waals surface area contributed by atoms with E-state index in [1.807, 2.05) is 0 Å². The van der Waals surface area contributed by atoms with E-state index in [1.54, 1.807) is 0 Å². The van der Waals surface area contributed by atoms with Crippen LogP contribution < -0.4 is 5.30 Å². The summed E-state index contributed by atoms with van der Waals surface area (Å²) in [6, 6.07) is 25.8. The van der Waals surface area contributed by atoms with Gasteiger partial charge in [0, 0.05) is 0 Å². The van der Waals surface area contributed by atoms with E-state index in [0.717, 1.165) is 0 Å². The third-order valence-electron chi connectivity index (χ3n) is 3.52. The van der Waals surface area contributed by atoms with Gasteiger partial charge in [-0.15, -0.1) is 9.24 Å². The molecule has 0 bridgehead atoms. The molecule has 0 spiro atoms. The second kappa shape index (κ2) is 5.61. The molecule has 3 rings (SSSR count). The van der Waals surface area contributed by atoms with Gasteiger partial charge in [-0.3, -0.25) is 0 Å². The predicted octanol–water partition coefficient (Wildman–Crippen LogP) is 4.83. The van der Waals surface area contributed by atoms with Crippen molar-refractivity contribution in [3.05, 3.63) is 78.4 Å². The topological polar surface area (TPSA) is 0 Å². The van der Waals surface area contributed by atoms with E-state index in [0.29, 0.717) is 0 Å². The van der Waals surface area contributed by atoms with E-state index in [-0.39, 0.29) is 0 Å². The summed E-state index contributed by atoms with van der Waals surface area (Å²) >= 11 is 0. The maximum Gasteiger partial charge on any atom is -0.0106 e. The fourth-order valence-corrected chi connectivity index (χ4v) is 2.70. The molecule has 0 amide bonds. The number of hydrogen-bond donors (Lipinski definition) is 0. The molecule has 0 saturated carbocycles. The van der Waals surface area contributed by atoms with Crippen LogP contribution in [0, 0.1) is 6.92 Å². The summed E-state index contributed by atoms with van der Waals surface area (Å²) in [6.45, 7) is 2.12.